The third-order valence-corrected chi connectivity index (χ3v) is 7.39. The molecule has 1 saturated heterocycles. The fourth-order valence-electron chi connectivity index (χ4n) is 5.21. The topological polar surface area (TPSA) is 115 Å². The van der Waals surface area contributed by atoms with E-state index in [-0.39, 0.29) is 30.4 Å². The molecule has 2 aromatic heterocycles. The van der Waals surface area contributed by atoms with Gasteiger partial charge in [0.2, 0.25) is 11.8 Å². The number of carbonyl (C=O) groups excluding carboxylic acids is 2. The van der Waals surface area contributed by atoms with Gasteiger partial charge >= 0.3 is 0 Å². The van der Waals surface area contributed by atoms with Crippen molar-refractivity contribution in [3.63, 3.8) is 0 Å². The molecule has 5 heterocycles. The average Bonchev–Trinajstić information content (AvgIpc) is 3.41. The van der Waals surface area contributed by atoms with Crippen LogP contribution < -0.4 is 10.1 Å². The molecular weight excluding hydrogens is 510 g/mol. The number of nitrogens with one attached hydrogen (secondary N) is 1. The van der Waals surface area contributed by atoms with Crippen LogP contribution in [0.25, 0.3) is 0 Å². The summed E-state index contributed by atoms with van der Waals surface area (Å²) in [5.41, 5.74) is 2.00. The Kier molecular flexibility index (Phi) is 9.35. The van der Waals surface area contributed by atoms with Gasteiger partial charge in [-0.1, -0.05) is 35.5 Å². The van der Waals surface area contributed by atoms with Gasteiger partial charge in [-0.3, -0.25) is 9.59 Å². The lowest BCUT2D eigenvalue weighted by Crippen LogP contribution is -2.52. The highest BCUT2D eigenvalue weighted by Gasteiger charge is 2.31. The molecule has 0 saturated carbocycles. The van der Waals surface area contributed by atoms with Gasteiger partial charge in [0, 0.05) is 45.0 Å². The Labute approximate surface area is 234 Å². The molecular formula is C29H37N7O4. The number of pyridine rings is 1. The van der Waals surface area contributed by atoms with Crippen LogP contribution in [0.15, 0.2) is 54.9 Å². The van der Waals surface area contributed by atoms with Crippen molar-refractivity contribution in [2.75, 3.05) is 53.0 Å². The van der Waals surface area contributed by atoms with Gasteiger partial charge in [0.1, 0.15) is 18.2 Å². The molecule has 2 amide bonds. The first-order valence-electron chi connectivity index (χ1n) is 13.9. The van der Waals surface area contributed by atoms with E-state index in [0.717, 1.165) is 31.5 Å². The predicted octanol–water partition coefficient (Wildman–Crippen LogP) is 1.64. The molecule has 1 aromatic carbocycles. The summed E-state index contributed by atoms with van der Waals surface area (Å²) in [5.74, 6) is 0.193. The van der Waals surface area contributed by atoms with Crippen molar-refractivity contribution in [2.24, 2.45) is 5.92 Å². The molecule has 0 aliphatic carbocycles. The lowest BCUT2D eigenvalue weighted by molar-refractivity contribution is -0.134. The van der Waals surface area contributed by atoms with Gasteiger partial charge in [0.05, 0.1) is 25.5 Å². The summed E-state index contributed by atoms with van der Waals surface area (Å²) in [6.07, 6.45) is 5.48. The Bertz CT molecular complexity index is 1260. The molecule has 1 atom stereocenters. The summed E-state index contributed by atoms with van der Waals surface area (Å²) in [5, 5.41) is 11.5. The van der Waals surface area contributed by atoms with Crippen LogP contribution in [0, 0.1) is 5.92 Å². The number of carbonyl (C=O) groups is 2. The zero-order valence-corrected chi connectivity index (χ0v) is 22.9. The highest BCUT2D eigenvalue weighted by Crippen LogP contribution is 2.20. The van der Waals surface area contributed by atoms with Crippen molar-refractivity contribution in [1.29, 1.82) is 0 Å². The number of likely N-dealkylation sites (N-methyl/N-ethyl adjacent to an activating group) is 1. The maximum Gasteiger partial charge on any atom is 0.257 e. The van der Waals surface area contributed by atoms with Crippen LogP contribution in [-0.2, 0) is 22.5 Å². The molecule has 11 heteroatoms. The van der Waals surface area contributed by atoms with E-state index in [1.165, 1.54) is 0 Å². The first kappa shape index (κ1) is 27.7. The van der Waals surface area contributed by atoms with Gasteiger partial charge < -0.3 is 24.6 Å². The predicted molar refractivity (Wildman–Crippen MR) is 148 cm³/mol. The Morgan fingerprint density at radius 2 is 1.82 bits per heavy atom. The van der Waals surface area contributed by atoms with Crippen LogP contribution >= 0.6 is 0 Å². The van der Waals surface area contributed by atoms with Gasteiger partial charge in [0.25, 0.3) is 5.91 Å². The highest BCUT2D eigenvalue weighted by molar-refractivity contribution is 5.99. The number of hydrogen-bond acceptors (Lipinski definition) is 8. The van der Waals surface area contributed by atoms with Crippen molar-refractivity contribution in [3.8, 4) is 5.88 Å². The Morgan fingerprint density at radius 3 is 2.65 bits per heavy atom. The maximum absolute atomic E-state index is 13.8. The zero-order valence-electron chi connectivity index (χ0n) is 22.9. The smallest absolute Gasteiger partial charge is 0.257 e. The zero-order chi connectivity index (χ0) is 27.7. The first-order valence-corrected chi connectivity index (χ1v) is 13.9. The summed E-state index contributed by atoms with van der Waals surface area (Å²) in [7, 11) is 2.10. The van der Waals surface area contributed by atoms with E-state index < -0.39 is 11.9 Å². The number of amides is 2. The molecule has 11 nitrogen and oxygen atoms in total. The number of aromatic nitrogens is 4. The van der Waals surface area contributed by atoms with Crippen molar-refractivity contribution in [3.05, 3.63) is 71.7 Å². The molecule has 3 aliphatic rings. The molecule has 0 radical (unpaired) electrons. The molecule has 40 heavy (non-hydrogen) atoms. The standard InChI is InChI=1S/C29H37N7O4/c1-34-14-15-39-16-17-40-28-25(8-5-11-30-28)27(37)31-26(29(38)35-12-9-23(19-34)10-13-35)18-24-21-36(33-32-24)20-22-6-3-2-4-7-22/h2-8,11,21,23,26H,9-10,12-20H2,1H3,(H,31,37)/t26-/m1/s1. The number of nitrogens with zero attached hydrogens (tertiary/aromatic N) is 6. The minimum Gasteiger partial charge on any atom is -0.475 e. The monoisotopic (exact) mass is 547 g/mol. The van der Waals surface area contributed by atoms with Crippen LogP contribution in [0.1, 0.15) is 34.5 Å². The third-order valence-electron chi connectivity index (χ3n) is 7.39. The second-order valence-corrected chi connectivity index (χ2v) is 10.5. The number of ether oxygens (including phenoxy) is 2. The van der Waals surface area contributed by atoms with E-state index >= 15 is 0 Å². The quantitative estimate of drug-likeness (QED) is 0.491. The van der Waals surface area contributed by atoms with Gasteiger partial charge in [-0.2, -0.15) is 0 Å². The van der Waals surface area contributed by atoms with Crippen molar-refractivity contribution < 1.29 is 19.1 Å². The Hall–Kier alpha value is -3.83. The summed E-state index contributed by atoms with van der Waals surface area (Å²) in [6, 6.07) is 12.5. The Balaban J connectivity index is 1.35. The van der Waals surface area contributed by atoms with E-state index in [1.807, 2.05) is 41.4 Å². The maximum atomic E-state index is 13.8. The summed E-state index contributed by atoms with van der Waals surface area (Å²) >= 11 is 0. The Morgan fingerprint density at radius 1 is 1.00 bits per heavy atom. The van der Waals surface area contributed by atoms with Crippen LogP contribution in [-0.4, -0.2) is 101 Å². The summed E-state index contributed by atoms with van der Waals surface area (Å²) in [6.45, 7) is 4.93. The summed E-state index contributed by atoms with van der Waals surface area (Å²) in [4.78, 5) is 35.7. The van der Waals surface area contributed by atoms with Gasteiger partial charge in [-0.15, -0.1) is 5.10 Å². The lowest BCUT2D eigenvalue weighted by atomic mass is 9.95. The molecule has 0 spiro atoms. The van der Waals surface area contributed by atoms with Crippen LogP contribution in [0.2, 0.25) is 0 Å². The third kappa shape index (κ3) is 7.42. The van der Waals surface area contributed by atoms with E-state index in [9.17, 15) is 9.59 Å². The number of fused-ring (bicyclic) bond motifs is 12. The van der Waals surface area contributed by atoms with Crippen LogP contribution in [0.3, 0.4) is 0 Å². The van der Waals surface area contributed by atoms with Crippen molar-refractivity contribution in [2.45, 2.75) is 31.8 Å². The molecule has 2 bridgehead atoms. The number of hydrogen-bond donors (Lipinski definition) is 1. The molecule has 0 unspecified atom stereocenters. The first-order chi connectivity index (χ1) is 19.5. The SMILES string of the molecule is CN1CCOCCOc2ncccc2C(=O)N[C@H](Cc2cn(Cc3ccccc3)nn2)C(=O)N2CCC(CC2)C1. The van der Waals surface area contributed by atoms with Gasteiger partial charge in [0.15, 0.2) is 0 Å². The number of rotatable bonds is 4. The minimum absolute atomic E-state index is 0.112. The number of benzene rings is 1. The van der Waals surface area contributed by atoms with Crippen LogP contribution in [0.5, 0.6) is 5.88 Å². The summed E-state index contributed by atoms with van der Waals surface area (Å²) < 4.78 is 13.3. The lowest BCUT2D eigenvalue weighted by Gasteiger charge is -2.35. The van der Waals surface area contributed by atoms with Gasteiger partial charge in [-0.25, -0.2) is 9.67 Å². The molecule has 3 aliphatic heterocycles. The van der Waals surface area contributed by atoms with E-state index in [0.29, 0.717) is 44.5 Å². The van der Waals surface area contributed by atoms with Crippen molar-refractivity contribution in [1.82, 2.24) is 35.1 Å². The highest BCUT2D eigenvalue weighted by atomic mass is 16.5. The fraction of sp³-hybridized carbons (Fsp3) is 0.483. The van der Waals surface area contributed by atoms with Crippen LogP contribution in [0.4, 0.5) is 0 Å². The molecule has 1 N–H and O–H groups in total. The average molecular weight is 548 g/mol. The van der Waals surface area contributed by atoms with E-state index in [2.05, 4.69) is 32.6 Å². The van der Waals surface area contributed by atoms with Crippen molar-refractivity contribution >= 4 is 11.8 Å². The molecule has 3 aromatic rings. The minimum atomic E-state index is -0.802. The molecule has 212 valence electrons. The number of piperidine rings is 1. The molecule has 1 fully saturated rings. The molecule has 6 rings (SSSR count). The second-order valence-electron chi connectivity index (χ2n) is 10.5. The normalized spacial score (nSPS) is 21.7. The van der Waals surface area contributed by atoms with E-state index in [1.54, 1.807) is 23.0 Å². The largest absolute Gasteiger partial charge is 0.475 e. The second kappa shape index (κ2) is 13.5. The fourth-order valence-corrected chi connectivity index (χ4v) is 5.21. The van der Waals surface area contributed by atoms with E-state index in [4.69, 9.17) is 9.47 Å². The van der Waals surface area contributed by atoms with Gasteiger partial charge in [-0.05, 0) is 43.5 Å².